The molecule has 1 saturated heterocycles. The summed E-state index contributed by atoms with van der Waals surface area (Å²) in [6, 6.07) is 2.21. The summed E-state index contributed by atoms with van der Waals surface area (Å²) in [6.07, 6.45) is 9.21. The molecule has 20 heavy (non-hydrogen) atoms. The van der Waals surface area contributed by atoms with Crippen molar-refractivity contribution in [3.63, 3.8) is 0 Å². The number of rotatable bonds is 2. The van der Waals surface area contributed by atoms with Gasteiger partial charge in [-0.15, -0.1) is 0 Å². The van der Waals surface area contributed by atoms with E-state index in [1.807, 2.05) is 18.6 Å². The molecule has 1 atom stereocenters. The molecule has 0 radical (unpaired) electrons. The highest BCUT2D eigenvalue weighted by Gasteiger charge is 2.30. The van der Waals surface area contributed by atoms with Crippen molar-refractivity contribution < 1.29 is 4.74 Å². The van der Waals surface area contributed by atoms with Crippen molar-refractivity contribution in [2.75, 3.05) is 12.3 Å². The van der Waals surface area contributed by atoms with E-state index in [2.05, 4.69) is 28.4 Å². The lowest BCUT2D eigenvalue weighted by molar-refractivity contribution is -0.0688. The molecule has 2 aromatic rings. The van der Waals surface area contributed by atoms with Gasteiger partial charge in [0, 0.05) is 36.3 Å². The molecule has 0 aliphatic carbocycles. The zero-order valence-corrected chi connectivity index (χ0v) is 11.9. The molecule has 1 unspecified atom stereocenters. The lowest BCUT2D eigenvalue weighted by Gasteiger charge is -2.36. The van der Waals surface area contributed by atoms with E-state index in [9.17, 15) is 0 Å². The Balaban J connectivity index is 1.97. The molecular weight excluding hydrogens is 252 g/mol. The topological polar surface area (TPSA) is 66.0 Å². The molecule has 106 valence electrons. The average Bonchev–Trinajstić information content (AvgIpc) is 2.87. The summed E-state index contributed by atoms with van der Waals surface area (Å²) in [6.45, 7) is 5.04. The smallest absolute Gasteiger partial charge is 0.0953 e. The van der Waals surface area contributed by atoms with Crippen molar-refractivity contribution in [3.05, 3.63) is 31.0 Å². The van der Waals surface area contributed by atoms with Gasteiger partial charge in [-0.05, 0) is 32.8 Å². The molecule has 1 aliphatic heterocycles. The van der Waals surface area contributed by atoms with Crippen LogP contribution in [0.25, 0.3) is 11.3 Å². The Morgan fingerprint density at radius 3 is 2.95 bits per heavy atom. The number of nitrogens with two attached hydrogens (primary N) is 1. The highest BCUT2D eigenvalue weighted by Crippen LogP contribution is 2.35. The van der Waals surface area contributed by atoms with Crippen molar-refractivity contribution in [2.45, 2.75) is 38.3 Å². The van der Waals surface area contributed by atoms with Crippen molar-refractivity contribution in [3.8, 4) is 11.3 Å². The van der Waals surface area contributed by atoms with Crippen LogP contribution in [0.15, 0.2) is 31.0 Å². The maximum absolute atomic E-state index is 6.06. The summed E-state index contributed by atoms with van der Waals surface area (Å²) in [4.78, 5) is 8.47. The van der Waals surface area contributed by atoms with Crippen LogP contribution >= 0.6 is 0 Å². The van der Waals surface area contributed by atoms with Crippen LogP contribution in [0.5, 0.6) is 0 Å². The van der Waals surface area contributed by atoms with Crippen molar-refractivity contribution >= 4 is 5.69 Å². The largest absolute Gasteiger partial charge is 0.398 e. The van der Waals surface area contributed by atoms with Gasteiger partial charge in [0.1, 0.15) is 0 Å². The van der Waals surface area contributed by atoms with Crippen LogP contribution in [-0.4, -0.2) is 26.7 Å². The number of nitrogen functional groups attached to an aromatic ring is 1. The van der Waals surface area contributed by atoms with Gasteiger partial charge < -0.3 is 15.0 Å². The first-order chi connectivity index (χ1) is 9.57. The van der Waals surface area contributed by atoms with E-state index in [4.69, 9.17) is 10.5 Å². The van der Waals surface area contributed by atoms with Crippen LogP contribution < -0.4 is 5.73 Å². The van der Waals surface area contributed by atoms with E-state index in [0.29, 0.717) is 6.04 Å². The Morgan fingerprint density at radius 2 is 2.20 bits per heavy atom. The molecule has 5 nitrogen and oxygen atoms in total. The summed E-state index contributed by atoms with van der Waals surface area (Å²) < 4.78 is 8.00. The number of hydrogen-bond acceptors (Lipinski definition) is 4. The minimum absolute atomic E-state index is 0.0923. The summed E-state index contributed by atoms with van der Waals surface area (Å²) in [7, 11) is 0. The summed E-state index contributed by atoms with van der Waals surface area (Å²) >= 11 is 0. The molecule has 2 aromatic heterocycles. The van der Waals surface area contributed by atoms with E-state index in [-0.39, 0.29) is 5.60 Å². The number of pyridine rings is 1. The third-order valence-corrected chi connectivity index (χ3v) is 3.86. The number of nitrogens with zero attached hydrogens (tertiary/aromatic N) is 3. The third kappa shape index (κ3) is 2.41. The number of anilines is 1. The normalized spacial score (nSPS) is 21.8. The molecule has 0 aromatic carbocycles. The van der Waals surface area contributed by atoms with Gasteiger partial charge in [-0.25, -0.2) is 4.98 Å². The number of aromatic nitrogens is 3. The fourth-order valence-corrected chi connectivity index (χ4v) is 2.86. The lowest BCUT2D eigenvalue weighted by atomic mass is 9.93. The zero-order chi connectivity index (χ0) is 14.2. The summed E-state index contributed by atoms with van der Waals surface area (Å²) in [5, 5.41) is 0. The van der Waals surface area contributed by atoms with Gasteiger partial charge in [0.2, 0.25) is 0 Å². The molecule has 5 heteroatoms. The first-order valence-electron chi connectivity index (χ1n) is 6.92. The number of ether oxygens (including phenoxy) is 1. The monoisotopic (exact) mass is 272 g/mol. The molecule has 0 bridgehead atoms. The molecule has 0 amide bonds. The fraction of sp³-hybridized carbons (Fsp3) is 0.467. The highest BCUT2D eigenvalue weighted by atomic mass is 16.5. The third-order valence-electron chi connectivity index (χ3n) is 3.86. The van der Waals surface area contributed by atoms with Crippen LogP contribution in [0.1, 0.15) is 32.7 Å². The summed E-state index contributed by atoms with van der Waals surface area (Å²) in [5.41, 5.74) is 8.66. The number of hydrogen-bond donors (Lipinski definition) is 1. The summed E-state index contributed by atoms with van der Waals surface area (Å²) in [5.74, 6) is 0. The van der Waals surface area contributed by atoms with Crippen molar-refractivity contribution in [1.29, 1.82) is 0 Å². The molecular formula is C15H20N4O. The first-order valence-corrected chi connectivity index (χ1v) is 6.92. The SMILES string of the molecule is CC1(C)CC(n2cncc2-c2cnccc2N)CCO1. The maximum atomic E-state index is 6.06. The van der Waals surface area contributed by atoms with Gasteiger partial charge in [0.05, 0.1) is 23.8 Å². The predicted molar refractivity (Wildman–Crippen MR) is 78.2 cm³/mol. The predicted octanol–water partition coefficient (Wildman–Crippen LogP) is 2.66. The zero-order valence-electron chi connectivity index (χ0n) is 11.9. The Hall–Kier alpha value is -1.88. The van der Waals surface area contributed by atoms with Crippen molar-refractivity contribution in [2.24, 2.45) is 0 Å². The van der Waals surface area contributed by atoms with E-state index in [1.165, 1.54) is 0 Å². The molecule has 0 spiro atoms. The van der Waals surface area contributed by atoms with E-state index in [0.717, 1.165) is 36.4 Å². The van der Waals surface area contributed by atoms with Crippen LogP contribution in [-0.2, 0) is 4.74 Å². The number of imidazole rings is 1. The van der Waals surface area contributed by atoms with Crippen LogP contribution in [0.2, 0.25) is 0 Å². The van der Waals surface area contributed by atoms with Crippen molar-refractivity contribution in [1.82, 2.24) is 14.5 Å². The van der Waals surface area contributed by atoms with Gasteiger partial charge in [-0.1, -0.05) is 0 Å². The fourth-order valence-electron chi connectivity index (χ4n) is 2.86. The second kappa shape index (κ2) is 4.90. The molecule has 0 saturated carbocycles. The van der Waals surface area contributed by atoms with E-state index in [1.54, 1.807) is 12.4 Å². The standard InChI is InChI=1S/C15H20N4O/c1-15(2)7-11(4-6-20-15)19-10-18-9-14(19)12-8-17-5-3-13(12)16/h3,5,8-11H,4,6-7H2,1-2H3,(H2,16,17). The van der Waals surface area contributed by atoms with E-state index < -0.39 is 0 Å². The minimum atomic E-state index is -0.0923. The lowest BCUT2D eigenvalue weighted by Crippen LogP contribution is -2.35. The van der Waals surface area contributed by atoms with Crippen LogP contribution in [0.3, 0.4) is 0 Å². The molecule has 2 N–H and O–H groups in total. The Bertz CT molecular complexity index is 605. The van der Waals surface area contributed by atoms with Gasteiger partial charge in [0.25, 0.3) is 0 Å². The molecule has 1 fully saturated rings. The second-order valence-corrected chi connectivity index (χ2v) is 5.90. The molecule has 3 heterocycles. The highest BCUT2D eigenvalue weighted by molar-refractivity contribution is 5.72. The molecule has 3 rings (SSSR count). The minimum Gasteiger partial charge on any atom is -0.398 e. The van der Waals surface area contributed by atoms with Gasteiger partial charge in [0.15, 0.2) is 0 Å². The Kier molecular flexibility index (Phi) is 3.22. The van der Waals surface area contributed by atoms with Gasteiger partial charge in [-0.2, -0.15) is 0 Å². The Labute approximate surface area is 118 Å². The van der Waals surface area contributed by atoms with Crippen LogP contribution in [0.4, 0.5) is 5.69 Å². The van der Waals surface area contributed by atoms with Gasteiger partial charge in [-0.3, -0.25) is 4.98 Å². The average molecular weight is 272 g/mol. The maximum Gasteiger partial charge on any atom is 0.0953 e. The Morgan fingerprint density at radius 1 is 1.35 bits per heavy atom. The first kappa shape index (κ1) is 13.1. The van der Waals surface area contributed by atoms with Crippen LogP contribution in [0, 0.1) is 0 Å². The molecule has 1 aliphatic rings. The van der Waals surface area contributed by atoms with E-state index >= 15 is 0 Å². The quantitative estimate of drug-likeness (QED) is 0.912. The second-order valence-electron chi connectivity index (χ2n) is 5.90. The van der Waals surface area contributed by atoms with Gasteiger partial charge >= 0.3 is 0 Å².